The molecule has 23 heavy (non-hydrogen) atoms. The van der Waals surface area contributed by atoms with Crippen LogP contribution in [0.2, 0.25) is 0 Å². The lowest BCUT2D eigenvalue weighted by molar-refractivity contribution is 0.926. The first-order valence-electron chi connectivity index (χ1n) is 7.54. The maximum absolute atomic E-state index is 5.79. The Kier molecular flexibility index (Phi) is 3.37. The fourth-order valence-corrected chi connectivity index (χ4v) is 2.94. The Morgan fingerprint density at radius 3 is 2.87 bits per heavy atom. The van der Waals surface area contributed by atoms with Gasteiger partial charge >= 0.3 is 0 Å². The number of nitrogen functional groups attached to an aromatic ring is 1. The summed E-state index contributed by atoms with van der Waals surface area (Å²) in [6.07, 6.45) is 4.25. The van der Waals surface area contributed by atoms with Crippen molar-refractivity contribution in [3.8, 4) is 0 Å². The summed E-state index contributed by atoms with van der Waals surface area (Å²) in [4.78, 5) is 4.68. The van der Waals surface area contributed by atoms with Gasteiger partial charge in [-0.15, -0.1) is 0 Å². The SMILES string of the molecule is Cc1cnn2c(NC3CC3)cc(Nc3ccc(N)cc3Br)nc12. The number of fused-ring (bicyclic) bond motifs is 1. The zero-order chi connectivity index (χ0) is 16.0. The molecule has 0 amide bonds. The molecule has 7 heteroatoms. The minimum atomic E-state index is 0.543. The fourth-order valence-electron chi connectivity index (χ4n) is 2.45. The normalized spacial score (nSPS) is 14.2. The number of aromatic nitrogens is 3. The molecule has 3 aromatic rings. The van der Waals surface area contributed by atoms with Crippen molar-refractivity contribution in [2.24, 2.45) is 0 Å². The molecule has 0 bridgehead atoms. The molecule has 1 aliphatic carbocycles. The second-order valence-corrected chi connectivity index (χ2v) is 6.73. The van der Waals surface area contributed by atoms with Gasteiger partial charge in [-0.05, 0) is 53.9 Å². The fraction of sp³-hybridized carbons (Fsp3) is 0.250. The molecule has 0 unspecified atom stereocenters. The van der Waals surface area contributed by atoms with Gasteiger partial charge in [0.05, 0.1) is 11.9 Å². The molecule has 0 radical (unpaired) electrons. The lowest BCUT2D eigenvalue weighted by Gasteiger charge is -2.12. The highest BCUT2D eigenvalue weighted by atomic mass is 79.9. The number of benzene rings is 1. The molecule has 2 aromatic heterocycles. The Balaban J connectivity index is 1.75. The van der Waals surface area contributed by atoms with Crippen LogP contribution in [-0.2, 0) is 0 Å². The van der Waals surface area contributed by atoms with Crippen molar-refractivity contribution < 1.29 is 0 Å². The third-order valence-electron chi connectivity index (χ3n) is 3.83. The van der Waals surface area contributed by atoms with Crippen molar-refractivity contribution in [1.82, 2.24) is 14.6 Å². The Morgan fingerprint density at radius 1 is 1.30 bits per heavy atom. The van der Waals surface area contributed by atoms with Gasteiger partial charge in [0.2, 0.25) is 0 Å². The van der Waals surface area contributed by atoms with E-state index < -0.39 is 0 Å². The van der Waals surface area contributed by atoms with Gasteiger partial charge < -0.3 is 16.4 Å². The topological polar surface area (TPSA) is 80.3 Å². The van der Waals surface area contributed by atoms with E-state index in [-0.39, 0.29) is 0 Å². The monoisotopic (exact) mass is 372 g/mol. The van der Waals surface area contributed by atoms with Crippen molar-refractivity contribution in [2.45, 2.75) is 25.8 Å². The molecular weight excluding hydrogens is 356 g/mol. The van der Waals surface area contributed by atoms with Crippen LogP contribution in [0, 0.1) is 6.92 Å². The van der Waals surface area contributed by atoms with E-state index in [1.807, 2.05) is 41.9 Å². The number of hydrogen-bond acceptors (Lipinski definition) is 5. The molecule has 0 aliphatic heterocycles. The number of halogens is 1. The first-order valence-corrected chi connectivity index (χ1v) is 8.33. The highest BCUT2D eigenvalue weighted by molar-refractivity contribution is 9.10. The summed E-state index contributed by atoms with van der Waals surface area (Å²) in [6.45, 7) is 2.01. The van der Waals surface area contributed by atoms with Crippen molar-refractivity contribution in [3.05, 3.63) is 40.5 Å². The van der Waals surface area contributed by atoms with Crippen LogP contribution in [0.4, 0.5) is 23.0 Å². The van der Waals surface area contributed by atoms with Gasteiger partial charge in [-0.25, -0.2) is 4.98 Å². The summed E-state index contributed by atoms with van der Waals surface area (Å²) in [5.74, 6) is 1.73. The Morgan fingerprint density at radius 2 is 2.13 bits per heavy atom. The third kappa shape index (κ3) is 2.84. The van der Waals surface area contributed by atoms with Gasteiger partial charge in [-0.2, -0.15) is 9.61 Å². The smallest absolute Gasteiger partial charge is 0.162 e. The maximum atomic E-state index is 5.79. The van der Waals surface area contributed by atoms with Crippen molar-refractivity contribution in [2.75, 3.05) is 16.4 Å². The summed E-state index contributed by atoms with van der Waals surface area (Å²) < 4.78 is 2.76. The van der Waals surface area contributed by atoms with E-state index in [0.29, 0.717) is 11.7 Å². The van der Waals surface area contributed by atoms with Gasteiger partial charge in [-0.1, -0.05) is 0 Å². The van der Waals surface area contributed by atoms with E-state index in [1.165, 1.54) is 12.8 Å². The first-order chi connectivity index (χ1) is 11.1. The van der Waals surface area contributed by atoms with E-state index in [0.717, 1.165) is 33.0 Å². The lowest BCUT2D eigenvalue weighted by atomic mass is 10.3. The van der Waals surface area contributed by atoms with E-state index in [1.54, 1.807) is 0 Å². The molecule has 0 saturated heterocycles. The Hall–Kier alpha value is -2.28. The molecular formula is C16H17BrN6. The van der Waals surface area contributed by atoms with Gasteiger partial charge in [0.15, 0.2) is 5.65 Å². The van der Waals surface area contributed by atoms with E-state index in [4.69, 9.17) is 5.73 Å². The number of hydrogen-bond donors (Lipinski definition) is 3. The molecule has 6 nitrogen and oxygen atoms in total. The van der Waals surface area contributed by atoms with E-state index in [9.17, 15) is 0 Å². The minimum absolute atomic E-state index is 0.543. The summed E-state index contributed by atoms with van der Waals surface area (Å²) in [5.41, 5.74) is 9.33. The molecule has 0 atom stereocenters. The average molecular weight is 373 g/mol. The highest BCUT2D eigenvalue weighted by Crippen LogP contribution is 2.30. The number of rotatable bonds is 4. The van der Waals surface area contributed by atoms with Gasteiger partial charge in [0.1, 0.15) is 11.6 Å². The number of nitrogens with two attached hydrogens (primary N) is 1. The number of anilines is 4. The minimum Gasteiger partial charge on any atom is -0.399 e. The third-order valence-corrected chi connectivity index (χ3v) is 4.49. The van der Waals surface area contributed by atoms with E-state index in [2.05, 4.69) is 36.6 Å². The predicted octanol–water partition coefficient (Wildman–Crippen LogP) is 3.70. The summed E-state index contributed by atoms with van der Waals surface area (Å²) in [5, 5.41) is 11.3. The van der Waals surface area contributed by atoms with Crippen molar-refractivity contribution >= 4 is 44.6 Å². The quantitative estimate of drug-likeness (QED) is 0.608. The number of nitrogens with zero attached hydrogens (tertiary/aromatic N) is 3. The van der Waals surface area contributed by atoms with Crippen LogP contribution in [0.1, 0.15) is 18.4 Å². The molecule has 0 spiro atoms. The Labute approximate surface area is 142 Å². The molecule has 1 fully saturated rings. The second-order valence-electron chi connectivity index (χ2n) is 5.87. The molecule has 1 aromatic carbocycles. The number of aryl methyl sites for hydroxylation is 1. The lowest BCUT2D eigenvalue weighted by Crippen LogP contribution is -2.09. The summed E-state index contributed by atoms with van der Waals surface area (Å²) in [7, 11) is 0. The highest BCUT2D eigenvalue weighted by Gasteiger charge is 2.23. The van der Waals surface area contributed by atoms with Crippen LogP contribution in [0.3, 0.4) is 0 Å². The predicted molar refractivity (Wildman–Crippen MR) is 96.2 cm³/mol. The van der Waals surface area contributed by atoms with Crippen LogP contribution >= 0.6 is 15.9 Å². The molecule has 4 rings (SSSR count). The van der Waals surface area contributed by atoms with Crippen LogP contribution in [0.15, 0.2) is 34.9 Å². The standard InChI is InChI=1S/C16H17BrN6/c1-9-8-19-23-15(20-11-3-4-11)7-14(22-16(9)23)21-13-5-2-10(18)6-12(13)17/h2,5-8,11,20H,3-4,18H2,1H3,(H,21,22). The second kappa shape index (κ2) is 5.42. The number of nitrogens with one attached hydrogen (secondary N) is 2. The van der Waals surface area contributed by atoms with Gasteiger partial charge in [0.25, 0.3) is 0 Å². The van der Waals surface area contributed by atoms with Crippen LogP contribution in [0.25, 0.3) is 5.65 Å². The van der Waals surface area contributed by atoms with E-state index >= 15 is 0 Å². The molecule has 1 aliphatic rings. The molecule has 2 heterocycles. The van der Waals surface area contributed by atoms with Crippen LogP contribution in [0.5, 0.6) is 0 Å². The Bertz CT molecular complexity index is 884. The average Bonchev–Trinajstić information content (AvgIpc) is 3.25. The van der Waals surface area contributed by atoms with Gasteiger partial charge in [-0.3, -0.25) is 0 Å². The zero-order valence-electron chi connectivity index (χ0n) is 12.7. The van der Waals surface area contributed by atoms with Crippen molar-refractivity contribution in [1.29, 1.82) is 0 Å². The van der Waals surface area contributed by atoms with Crippen LogP contribution in [-0.4, -0.2) is 20.6 Å². The first kappa shape index (κ1) is 14.3. The largest absolute Gasteiger partial charge is 0.399 e. The summed E-state index contributed by atoms with van der Waals surface area (Å²) in [6, 6.07) is 8.19. The van der Waals surface area contributed by atoms with Crippen LogP contribution < -0.4 is 16.4 Å². The summed E-state index contributed by atoms with van der Waals surface area (Å²) >= 11 is 3.53. The molecule has 118 valence electrons. The molecule has 1 saturated carbocycles. The van der Waals surface area contributed by atoms with Gasteiger partial charge in [0, 0.05) is 27.8 Å². The molecule has 4 N–H and O–H groups in total. The zero-order valence-corrected chi connectivity index (χ0v) is 14.3. The van der Waals surface area contributed by atoms with Crippen molar-refractivity contribution in [3.63, 3.8) is 0 Å². The maximum Gasteiger partial charge on any atom is 0.162 e.